The molecule has 6 nitrogen and oxygen atoms in total. The monoisotopic (exact) mass is 299 g/mol. The molecule has 1 aromatic carbocycles. The highest BCUT2D eigenvalue weighted by atomic mass is 35.5. The first-order valence-corrected chi connectivity index (χ1v) is 6.73. The number of hydrogen-bond acceptors (Lipinski definition) is 5. The second kappa shape index (κ2) is 4.67. The van der Waals surface area contributed by atoms with Crippen LogP contribution in [0.3, 0.4) is 0 Å². The average Bonchev–Trinajstić information content (AvgIpc) is 2.16. The fourth-order valence-corrected chi connectivity index (χ4v) is 2.19. The van der Waals surface area contributed by atoms with Gasteiger partial charge in [-0.2, -0.15) is 8.42 Å². The van der Waals surface area contributed by atoms with E-state index in [0.717, 1.165) is 12.3 Å². The van der Waals surface area contributed by atoms with E-state index in [2.05, 4.69) is 4.18 Å². The summed E-state index contributed by atoms with van der Waals surface area (Å²) in [7, 11) is -3.81. The van der Waals surface area contributed by atoms with Crippen molar-refractivity contribution in [2.45, 2.75) is 6.92 Å². The molecule has 0 aliphatic heterocycles. The Bertz CT molecular complexity index is 584. The van der Waals surface area contributed by atoms with E-state index in [4.69, 9.17) is 23.2 Å². The van der Waals surface area contributed by atoms with Gasteiger partial charge in [-0.3, -0.25) is 10.1 Å². The molecule has 0 aliphatic carbocycles. The Labute approximate surface area is 107 Å². The van der Waals surface area contributed by atoms with Crippen LogP contribution in [0.2, 0.25) is 10.0 Å². The molecule has 0 unspecified atom stereocenters. The van der Waals surface area contributed by atoms with Crippen LogP contribution in [-0.4, -0.2) is 19.6 Å². The van der Waals surface area contributed by atoms with Crippen LogP contribution in [0.15, 0.2) is 6.07 Å². The van der Waals surface area contributed by atoms with Gasteiger partial charge in [-0.05, 0) is 6.92 Å². The highest BCUT2D eigenvalue weighted by Crippen LogP contribution is 2.40. The van der Waals surface area contributed by atoms with E-state index in [1.54, 1.807) is 0 Å². The molecule has 0 aromatic heterocycles. The molecule has 0 amide bonds. The number of halogens is 2. The van der Waals surface area contributed by atoms with Gasteiger partial charge in [0.05, 0.1) is 21.2 Å². The van der Waals surface area contributed by atoms with Gasteiger partial charge in [0.2, 0.25) is 0 Å². The smallest absolute Gasteiger partial charge is 0.306 e. The minimum Gasteiger partial charge on any atom is -0.379 e. The van der Waals surface area contributed by atoms with Gasteiger partial charge in [0.15, 0.2) is 5.75 Å². The number of hydrogen-bond donors (Lipinski definition) is 0. The highest BCUT2D eigenvalue weighted by Gasteiger charge is 2.23. The molecule has 0 spiro atoms. The fraction of sp³-hybridized carbons (Fsp3) is 0.250. The van der Waals surface area contributed by atoms with Gasteiger partial charge >= 0.3 is 10.1 Å². The lowest BCUT2D eigenvalue weighted by Crippen LogP contribution is -2.07. The molecule has 0 atom stereocenters. The molecule has 94 valence electrons. The Hall–Kier alpha value is -1.05. The van der Waals surface area contributed by atoms with Crippen molar-refractivity contribution in [1.29, 1.82) is 0 Å². The molecule has 0 heterocycles. The Morgan fingerprint density at radius 2 is 1.94 bits per heavy atom. The van der Waals surface area contributed by atoms with Gasteiger partial charge in [-0.15, -0.1) is 0 Å². The number of nitro benzene ring substituents is 1. The first kappa shape index (κ1) is 14.0. The van der Waals surface area contributed by atoms with Crippen LogP contribution in [0.5, 0.6) is 5.75 Å². The third kappa shape index (κ3) is 3.21. The number of rotatable bonds is 3. The molecule has 1 rings (SSSR count). The molecule has 0 aliphatic rings. The van der Waals surface area contributed by atoms with Crippen LogP contribution in [0.25, 0.3) is 0 Å². The molecular weight excluding hydrogens is 293 g/mol. The fourth-order valence-electron chi connectivity index (χ4n) is 1.10. The predicted molar refractivity (Wildman–Crippen MR) is 63.3 cm³/mol. The van der Waals surface area contributed by atoms with Gasteiger partial charge in [0.1, 0.15) is 0 Å². The number of nitrogens with zero attached hydrogens (tertiary/aromatic N) is 1. The highest BCUT2D eigenvalue weighted by molar-refractivity contribution is 7.86. The molecule has 9 heteroatoms. The summed E-state index contributed by atoms with van der Waals surface area (Å²) < 4.78 is 26.5. The summed E-state index contributed by atoms with van der Waals surface area (Å²) in [6.07, 6.45) is 0.816. The topological polar surface area (TPSA) is 86.5 Å². The first-order valence-electron chi connectivity index (χ1n) is 4.16. The van der Waals surface area contributed by atoms with Crippen LogP contribution in [0.1, 0.15) is 5.56 Å². The lowest BCUT2D eigenvalue weighted by molar-refractivity contribution is -0.385. The summed E-state index contributed by atoms with van der Waals surface area (Å²) in [6, 6.07) is 0.989. The normalized spacial score (nSPS) is 11.3. The zero-order valence-electron chi connectivity index (χ0n) is 8.73. The Morgan fingerprint density at radius 3 is 2.35 bits per heavy atom. The van der Waals surface area contributed by atoms with Crippen LogP contribution < -0.4 is 4.18 Å². The molecular formula is C8H7Cl2NO5S. The summed E-state index contributed by atoms with van der Waals surface area (Å²) in [5.41, 5.74) is -0.222. The summed E-state index contributed by atoms with van der Waals surface area (Å²) >= 11 is 11.5. The van der Waals surface area contributed by atoms with Gasteiger partial charge in [0, 0.05) is 11.6 Å². The molecule has 0 N–H and O–H groups in total. The lowest BCUT2D eigenvalue weighted by atomic mass is 10.2. The molecule has 1 aromatic rings. The van der Waals surface area contributed by atoms with Crippen LogP contribution >= 0.6 is 23.2 Å². The van der Waals surface area contributed by atoms with E-state index < -0.39 is 15.0 Å². The summed E-state index contributed by atoms with van der Waals surface area (Å²) in [6.45, 7) is 1.37. The average molecular weight is 300 g/mol. The summed E-state index contributed by atoms with van der Waals surface area (Å²) in [5.74, 6) is -0.307. The van der Waals surface area contributed by atoms with E-state index in [9.17, 15) is 18.5 Å². The summed E-state index contributed by atoms with van der Waals surface area (Å²) in [4.78, 5) is 9.98. The van der Waals surface area contributed by atoms with Crippen molar-refractivity contribution in [3.05, 3.63) is 31.8 Å². The van der Waals surface area contributed by atoms with E-state index in [1.807, 2.05) is 0 Å². The SMILES string of the molecule is Cc1c([N+](=O)[O-])cc(Cl)c(OS(C)(=O)=O)c1Cl. The minimum absolute atomic E-state index is 0.0831. The van der Waals surface area contributed by atoms with Crippen LogP contribution in [0, 0.1) is 17.0 Å². The number of nitro groups is 1. The van der Waals surface area contributed by atoms with Gasteiger partial charge in [-0.1, -0.05) is 23.2 Å². The largest absolute Gasteiger partial charge is 0.379 e. The van der Waals surface area contributed by atoms with Crippen LogP contribution in [-0.2, 0) is 10.1 Å². The zero-order valence-corrected chi connectivity index (χ0v) is 11.1. The maximum Gasteiger partial charge on any atom is 0.306 e. The van der Waals surface area contributed by atoms with E-state index in [-0.39, 0.29) is 27.0 Å². The Balaban J connectivity index is 3.46. The third-order valence-electron chi connectivity index (χ3n) is 1.82. The van der Waals surface area contributed by atoms with Gasteiger partial charge in [0.25, 0.3) is 5.69 Å². The second-order valence-electron chi connectivity index (χ2n) is 3.19. The lowest BCUT2D eigenvalue weighted by Gasteiger charge is -2.09. The van der Waals surface area contributed by atoms with Crippen molar-refractivity contribution in [2.75, 3.05) is 6.26 Å². The molecule has 0 saturated heterocycles. The van der Waals surface area contributed by atoms with Crippen LogP contribution in [0.4, 0.5) is 5.69 Å². The van der Waals surface area contributed by atoms with Crippen molar-refractivity contribution in [3.63, 3.8) is 0 Å². The third-order valence-corrected chi connectivity index (χ3v) is 3.03. The Morgan fingerprint density at radius 1 is 1.41 bits per heavy atom. The van der Waals surface area contributed by atoms with Crippen molar-refractivity contribution in [3.8, 4) is 5.75 Å². The van der Waals surface area contributed by atoms with E-state index >= 15 is 0 Å². The molecule has 0 saturated carbocycles. The van der Waals surface area contributed by atoms with E-state index in [1.165, 1.54) is 6.92 Å². The summed E-state index contributed by atoms with van der Waals surface area (Å²) in [5, 5.41) is 10.2. The van der Waals surface area contributed by atoms with Crippen molar-refractivity contribution in [1.82, 2.24) is 0 Å². The molecule has 0 fully saturated rings. The molecule has 0 radical (unpaired) electrons. The van der Waals surface area contributed by atoms with Gasteiger partial charge < -0.3 is 4.18 Å². The van der Waals surface area contributed by atoms with Crippen molar-refractivity contribution < 1.29 is 17.5 Å². The maximum absolute atomic E-state index is 11.0. The standard InChI is InChI=1S/C8H7Cl2NO5S/c1-4-6(11(12)13)3-5(9)8(7(4)10)16-17(2,14)15/h3H,1-2H3. The maximum atomic E-state index is 11.0. The molecule has 17 heavy (non-hydrogen) atoms. The predicted octanol–water partition coefficient (Wildman–Crippen LogP) is 2.55. The first-order chi connectivity index (χ1) is 7.63. The van der Waals surface area contributed by atoms with E-state index in [0.29, 0.717) is 0 Å². The zero-order chi connectivity index (χ0) is 13.4. The van der Waals surface area contributed by atoms with Crippen molar-refractivity contribution in [2.24, 2.45) is 0 Å². The minimum atomic E-state index is -3.81. The Kier molecular flexibility index (Phi) is 3.85. The second-order valence-corrected chi connectivity index (χ2v) is 5.55. The number of benzene rings is 1. The quantitative estimate of drug-likeness (QED) is 0.486. The van der Waals surface area contributed by atoms with Gasteiger partial charge in [-0.25, -0.2) is 0 Å². The van der Waals surface area contributed by atoms with Crippen molar-refractivity contribution >= 4 is 39.0 Å². The molecule has 0 bridgehead atoms.